The SMILES string of the molecule is COc1ccc(Cl)cc1NC(=O)[C@@H](C)[NH+](C)CC(=O)N(C)C. The Balaban J connectivity index is 2.76. The summed E-state index contributed by atoms with van der Waals surface area (Å²) in [5, 5.41) is 3.30. The second kappa shape index (κ2) is 8.00. The van der Waals surface area contributed by atoms with Crippen molar-refractivity contribution in [3.8, 4) is 5.75 Å². The number of nitrogens with one attached hydrogen (secondary N) is 2. The number of hydrogen-bond acceptors (Lipinski definition) is 3. The highest BCUT2D eigenvalue weighted by Gasteiger charge is 2.25. The number of anilines is 1. The fraction of sp³-hybridized carbons (Fsp3) is 0.467. The first-order valence-electron chi connectivity index (χ1n) is 6.93. The Hall–Kier alpha value is -1.79. The molecular weight excluding hydrogens is 306 g/mol. The van der Waals surface area contributed by atoms with Crippen molar-refractivity contribution in [3.63, 3.8) is 0 Å². The van der Waals surface area contributed by atoms with E-state index >= 15 is 0 Å². The molecule has 1 aromatic carbocycles. The van der Waals surface area contributed by atoms with Crippen LogP contribution in [0.3, 0.4) is 0 Å². The van der Waals surface area contributed by atoms with Crippen molar-refractivity contribution in [2.24, 2.45) is 0 Å². The van der Waals surface area contributed by atoms with Gasteiger partial charge < -0.3 is 19.9 Å². The van der Waals surface area contributed by atoms with E-state index < -0.39 is 6.04 Å². The normalized spacial score (nSPS) is 13.2. The molecule has 1 rings (SSSR count). The molecule has 0 heterocycles. The molecule has 0 fully saturated rings. The van der Waals surface area contributed by atoms with Crippen LogP contribution >= 0.6 is 11.6 Å². The number of nitrogens with zero attached hydrogens (tertiary/aromatic N) is 1. The van der Waals surface area contributed by atoms with E-state index in [0.717, 1.165) is 4.90 Å². The van der Waals surface area contributed by atoms with Gasteiger partial charge in [-0.15, -0.1) is 0 Å². The molecule has 0 aromatic heterocycles. The Kier molecular flexibility index (Phi) is 6.64. The second-order valence-electron chi connectivity index (χ2n) is 5.37. The fourth-order valence-electron chi connectivity index (χ4n) is 1.79. The predicted molar refractivity (Wildman–Crippen MR) is 86.5 cm³/mol. The number of likely N-dealkylation sites (N-methyl/N-ethyl adjacent to an activating group) is 2. The third-order valence-corrected chi connectivity index (χ3v) is 3.72. The van der Waals surface area contributed by atoms with Crippen LogP contribution in [-0.2, 0) is 9.59 Å². The average molecular weight is 329 g/mol. The van der Waals surface area contributed by atoms with Gasteiger partial charge in [-0.2, -0.15) is 0 Å². The lowest BCUT2D eigenvalue weighted by Gasteiger charge is -2.22. The summed E-state index contributed by atoms with van der Waals surface area (Å²) < 4.78 is 5.20. The number of hydrogen-bond donors (Lipinski definition) is 2. The van der Waals surface area contributed by atoms with Crippen molar-refractivity contribution in [1.29, 1.82) is 0 Å². The quantitative estimate of drug-likeness (QED) is 0.788. The van der Waals surface area contributed by atoms with Crippen LogP contribution in [0.1, 0.15) is 6.92 Å². The van der Waals surface area contributed by atoms with Crippen LogP contribution in [0.25, 0.3) is 0 Å². The van der Waals surface area contributed by atoms with E-state index in [2.05, 4.69) is 5.32 Å². The van der Waals surface area contributed by atoms with Gasteiger partial charge in [-0.1, -0.05) is 11.6 Å². The molecule has 0 spiro atoms. The van der Waals surface area contributed by atoms with E-state index in [9.17, 15) is 9.59 Å². The summed E-state index contributed by atoms with van der Waals surface area (Å²) in [7, 11) is 6.71. The van der Waals surface area contributed by atoms with E-state index in [-0.39, 0.29) is 18.4 Å². The number of rotatable bonds is 6. The highest BCUT2D eigenvalue weighted by Crippen LogP contribution is 2.27. The first-order valence-corrected chi connectivity index (χ1v) is 7.31. The topological polar surface area (TPSA) is 63.1 Å². The largest absolute Gasteiger partial charge is 0.495 e. The number of carbonyl (C=O) groups is 2. The van der Waals surface area contributed by atoms with E-state index in [4.69, 9.17) is 16.3 Å². The van der Waals surface area contributed by atoms with Crippen molar-refractivity contribution in [2.45, 2.75) is 13.0 Å². The summed E-state index contributed by atoms with van der Waals surface area (Å²) in [6.45, 7) is 2.01. The van der Waals surface area contributed by atoms with E-state index in [1.54, 1.807) is 46.3 Å². The molecule has 22 heavy (non-hydrogen) atoms. The Morgan fingerprint density at radius 2 is 2.05 bits per heavy atom. The van der Waals surface area contributed by atoms with Gasteiger partial charge in [-0.25, -0.2) is 0 Å². The van der Waals surface area contributed by atoms with Gasteiger partial charge in [0.15, 0.2) is 12.6 Å². The summed E-state index contributed by atoms with van der Waals surface area (Å²) in [5.74, 6) is 0.300. The molecule has 7 heteroatoms. The van der Waals surface area contributed by atoms with Gasteiger partial charge in [0.1, 0.15) is 5.75 Å². The Labute approximate surface area is 136 Å². The zero-order chi connectivity index (χ0) is 16.9. The Morgan fingerprint density at radius 1 is 1.41 bits per heavy atom. The molecule has 122 valence electrons. The monoisotopic (exact) mass is 328 g/mol. The zero-order valence-corrected chi connectivity index (χ0v) is 14.3. The molecule has 1 unspecified atom stereocenters. The van der Waals surface area contributed by atoms with Gasteiger partial charge in [-0.05, 0) is 25.1 Å². The number of quaternary nitrogens is 1. The van der Waals surface area contributed by atoms with Crippen LogP contribution in [0.4, 0.5) is 5.69 Å². The highest BCUT2D eigenvalue weighted by atomic mass is 35.5. The lowest BCUT2D eigenvalue weighted by atomic mass is 10.2. The van der Waals surface area contributed by atoms with Gasteiger partial charge in [0.2, 0.25) is 0 Å². The molecule has 0 aliphatic carbocycles. The van der Waals surface area contributed by atoms with Crippen molar-refractivity contribution in [3.05, 3.63) is 23.2 Å². The molecule has 6 nitrogen and oxygen atoms in total. The smallest absolute Gasteiger partial charge is 0.282 e. The summed E-state index contributed by atoms with van der Waals surface area (Å²) in [6, 6.07) is 4.61. The number of carbonyl (C=O) groups excluding carboxylic acids is 2. The Bertz CT molecular complexity index is 549. The lowest BCUT2D eigenvalue weighted by molar-refractivity contribution is -0.886. The van der Waals surface area contributed by atoms with Gasteiger partial charge in [0.25, 0.3) is 11.8 Å². The van der Waals surface area contributed by atoms with Crippen molar-refractivity contribution in [1.82, 2.24) is 4.90 Å². The number of ether oxygens (including phenoxy) is 1. The molecule has 1 aromatic rings. The summed E-state index contributed by atoms with van der Waals surface area (Å²) in [6.07, 6.45) is 0. The first kappa shape index (κ1) is 18.3. The van der Waals surface area contributed by atoms with E-state index in [1.807, 2.05) is 0 Å². The maximum atomic E-state index is 12.3. The van der Waals surface area contributed by atoms with Crippen LogP contribution in [0.5, 0.6) is 5.75 Å². The zero-order valence-electron chi connectivity index (χ0n) is 13.6. The molecule has 2 N–H and O–H groups in total. The molecule has 2 atom stereocenters. The molecule has 0 aliphatic heterocycles. The van der Waals surface area contributed by atoms with Gasteiger partial charge in [0, 0.05) is 19.1 Å². The number of amides is 2. The molecular formula is C15H23ClN3O3+. The maximum absolute atomic E-state index is 12.3. The van der Waals surface area contributed by atoms with Crippen LogP contribution in [0.15, 0.2) is 18.2 Å². The third-order valence-electron chi connectivity index (χ3n) is 3.48. The molecule has 0 saturated heterocycles. The number of halogens is 1. The Morgan fingerprint density at radius 3 is 2.59 bits per heavy atom. The van der Waals surface area contributed by atoms with Crippen LogP contribution in [-0.4, -0.2) is 57.6 Å². The molecule has 0 bridgehead atoms. The first-order chi connectivity index (χ1) is 10.3. The lowest BCUT2D eigenvalue weighted by Crippen LogP contribution is -3.15. The van der Waals surface area contributed by atoms with Crippen molar-refractivity contribution in [2.75, 3.05) is 40.1 Å². The second-order valence-corrected chi connectivity index (χ2v) is 5.80. The van der Waals surface area contributed by atoms with Gasteiger partial charge >= 0.3 is 0 Å². The molecule has 0 radical (unpaired) electrons. The number of methoxy groups -OCH3 is 1. The minimum absolute atomic E-state index is 0.0301. The summed E-state index contributed by atoms with van der Waals surface area (Å²) >= 11 is 5.94. The molecule has 0 aliphatic rings. The van der Waals surface area contributed by atoms with Gasteiger partial charge in [0.05, 0.1) is 19.8 Å². The van der Waals surface area contributed by atoms with Crippen molar-refractivity contribution >= 4 is 29.1 Å². The summed E-state index contributed by atoms with van der Waals surface area (Å²) in [5.41, 5.74) is 0.513. The standard InChI is InChI=1S/C15H22ClN3O3/c1-10(19(4)9-14(20)18(2)3)15(21)17-12-8-11(16)6-7-13(12)22-5/h6-8,10H,9H2,1-5H3,(H,17,21)/p+1/t10-/m1/s1. The van der Waals surface area contributed by atoms with Crippen LogP contribution in [0.2, 0.25) is 5.02 Å². The predicted octanol–water partition coefficient (Wildman–Crippen LogP) is 0.279. The van der Waals surface area contributed by atoms with Crippen LogP contribution < -0.4 is 15.0 Å². The minimum Gasteiger partial charge on any atom is -0.495 e. The minimum atomic E-state index is -0.396. The number of benzene rings is 1. The molecule has 0 saturated carbocycles. The van der Waals surface area contributed by atoms with Gasteiger partial charge in [-0.3, -0.25) is 9.59 Å². The third kappa shape index (κ3) is 4.89. The average Bonchev–Trinajstić information content (AvgIpc) is 2.46. The van der Waals surface area contributed by atoms with Crippen LogP contribution in [0, 0.1) is 0 Å². The maximum Gasteiger partial charge on any atom is 0.282 e. The summed E-state index contributed by atoms with van der Waals surface area (Å²) in [4.78, 5) is 26.4. The fourth-order valence-corrected chi connectivity index (χ4v) is 1.96. The highest BCUT2D eigenvalue weighted by molar-refractivity contribution is 6.31. The van der Waals surface area contributed by atoms with E-state index in [1.165, 1.54) is 12.0 Å². The van der Waals surface area contributed by atoms with Crippen molar-refractivity contribution < 1.29 is 19.2 Å². The van der Waals surface area contributed by atoms with E-state index in [0.29, 0.717) is 16.5 Å². The molecule has 2 amide bonds.